The Kier molecular flexibility index (Phi) is 6.99. The number of nitrogens with zero attached hydrogens (tertiary/aromatic N) is 5. The van der Waals surface area contributed by atoms with Gasteiger partial charge in [-0.25, -0.2) is 9.97 Å². The lowest BCUT2D eigenvalue weighted by Gasteiger charge is -2.35. The number of amides is 2. The average molecular weight is 411 g/mol. The summed E-state index contributed by atoms with van der Waals surface area (Å²) in [5.74, 6) is 0.809. The molecule has 0 atom stereocenters. The number of piperazine rings is 1. The molecule has 0 aliphatic carbocycles. The molecule has 2 N–H and O–H groups in total. The molecule has 0 saturated carbocycles. The monoisotopic (exact) mass is 410 g/mol. The van der Waals surface area contributed by atoms with Crippen LogP contribution in [0.2, 0.25) is 0 Å². The highest BCUT2D eigenvalue weighted by atomic mass is 16.2. The van der Waals surface area contributed by atoms with Crippen LogP contribution < -0.4 is 10.6 Å². The van der Waals surface area contributed by atoms with E-state index in [-0.39, 0.29) is 24.3 Å². The van der Waals surface area contributed by atoms with Crippen molar-refractivity contribution in [2.24, 2.45) is 11.7 Å². The largest absolute Gasteiger partial charge is 0.340 e. The summed E-state index contributed by atoms with van der Waals surface area (Å²) >= 11 is 0. The van der Waals surface area contributed by atoms with Crippen LogP contribution in [0.15, 0.2) is 36.7 Å². The zero-order chi connectivity index (χ0) is 21.7. The molecule has 1 aromatic heterocycles. The molecule has 1 fully saturated rings. The number of carbonyl (C=O) groups excluding carboxylic acids is 2. The lowest BCUT2D eigenvalue weighted by atomic mass is 10.1. The van der Waals surface area contributed by atoms with Crippen molar-refractivity contribution >= 4 is 17.8 Å². The Bertz CT molecular complexity index is 875. The molecule has 0 spiro atoms. The van der Waals surface area contributed by atoms with Crippen LogP contribution in [0.5, 0.6) is 0 Å². The Morgan fingerprint density at radius 1 is 1.10 bits per heavy atom. The summed E-state index contributed by atoms with van der Waals surface area (Å²) in [7, 11) is 1.74. The average Bonchev–Trinajstić information content (AvgIpc) is 2.78. The van der Waals surface area contributed by atoms with E-state index in [0.29, 0.717) is 25.6 Å². The highest BCUT2D eigenvalue weighted by Crippen LogP contribution is 2.21. The van der Waals surface area contributed by atoms with Crippen LogP contribution in [0.25, 0.3) is 11.1 Å². The number of likely N-dealkylation sites (N-methyl/N-ethyl adjacent to an activating group) is 1. The third-order valence-corrected chi connectivity index (χ3v) is 5.29. The zero-order valence-corrected chi connectivity index (χ0v) is 17.9. The highest BCUT2D eigenvalue weighted by Gasteiger charge is 2.24. The van der Waals surface area contributed by atoms with E-state index in [2.05, 4.69) is 14.9 Å². The topological polar surface area (TPSA) is 95.7 Å². The van der Waals surface area contributed by atoms with E-state index < -0.39 is 0 Å². The van der Waals surface area contributed by atoms with E-state index in [1.165, 1.54) is 0 Å². The summed E-state index contributed by atoms with van der Waals surface area (Å²) in [6.45, 7) is 7.22. The second-order valence-electron chi connectivity index (χ2n) is 7.89. The minimum Gasteiger partial charge on any atom is -0.340 e. The smallest absolute Gasteiger partial charge is 0.236 e. The first-order chi connectivity index (χ1) is 14.4. The molecule has 30 heavy (non-hydrogen) atoms. The van der Waals surface area contributed by atoms with Crippen molar-refractivity contribution in [2.75, 3.05) is 44.7 Å². The summed E-state index contributed by atoms with van der Waals surface area (Å²) < 4.78 is 0. The molecule has 2 heterocycles. The van der Waals surface area contributed by atoms with Crippen LogP contribution in [0.4, 0.5) is 5.95 Å². The van der Waals surface area contributed by atoms with Gasteiger partial charge in [-0.2, -0.15) is 0 Å². The number of hydrogen-bond acceptors (Lipinski definition) is 6. The minimum atomic E-state index is -0.0942. The summed E-state index contributed by atoms with van der Waals surface area (Å²) in [5, 5.41) is 0. The maximum absolute atomic E-state index is 12.1. The van der Waals surface area contributed by atoms with E-state index in [0.717, 1.165) is 29.8 Å². The van der Waals surface area contributed by atoms with E-state index in [4.69, 9.17) is 5.73 Å². The zero-order valence-electron chi connectivity index (χ0n) is 17.9. The second kappa shape index (κ2) is 9.67. The molecule has 160 valence electrons. The van der Waals surface area contributed by atoms with Crippen molar-refractivity contribution in [2.45, 2.75) is 20.4 Å². The summed E-state index contributed by atoms with van der Waals surface area (Å²) in [4.78, 5) is 38.6. The molecule has 8 nitrogen and oxygen atoms in total. The van der Waals surface area contributed by atoms with Crippen molar-refractivity contribution in [3.8, 4) is 11.1 Å². The Labute approximate surface area is 177 Å². The third kappa shape index (κ3) is 5.13. The Morgan fingerprint density at radius 3 is 2.37 bits per heavy atom. The maximum atomic E-state index is 12.1. The molecule has 2 aromatic rings. The van der Waals surface area contributed by atoms with Crippen LogP contribution in [0.3, 0.4) is 0 Å². The van der Waals surface area contributed by atoms with Crippen LogP contribution in [-0.2, 0) is 16.1 Å². The SMILES string of the molecule is CC(C)C(=O)N1CCN(c2ncc(-c3cccc(CN(C)C(=O)CN)c3)cn2)CC1. The van der Waals surface area contributed by atoms with Crippen molar-refractivity contribution in [3.05, 3.63) is 42.2 Å². The van der Waals surface area contributed by atoms with Gasteiger partial charge >= 0.3 is 0 Å². The lowest BCUT2D eigenvalue weighted by Crippen LogP contribution is -2.50. The fraction of sp³-hybridized carbons (Fsp3) is 0.455. The van der Waals surface area contributed by atoms with Gasteiger partial charge in [-0.15, -0.1) is 0 Å². The molecule has 0 radical (unpaired) electrons. The molecule has 1 saturated heterocycles. The fourth-order valence-electron chi connectivity index (χ4n) is 3.49. The second-order valence-corrected chi connectivity index (χ2v) is 7.89. The minimum absolute atomic E-state index is 0.00534. The van der Waals surface area contributed by atoms with Gasteiger partial charge in [-0.3, -0.25) is 9.59 Å². The fourth-order valence-corrected chi connectivity index (χ4v) is 3.49. The number of anilines is 1. The molecular weight excluding hydrogens is 380 g/mol. The van der Waals surface area contributed by atoms with Gasteiger partial charge in [-0.05, 0) is 17.2 Å². The summed E-state index contributed by atoms with van der Waals surface area (Å²) in [6.07, 6.45) is 3.64. The van der Waals surface area contributed by atoms with Crippen molar-refractivity contribution < 1.29 is 9.59 Å². The maximum Gasteiger partial charge on any atom is 0.236 e. The number of benzene rings is 1. The van der Waals surface area contributed by atoms with Crippen molar-refractivity contribution in [3.63, 3.8) is 0 Å². The van der Waals surface area contributed by atoms with Gasteiger partial charge in [0.25, 0.3) is 0 Å². The van der Waals surface area contributed by atoms with Gasteiger partial charge in [0.1, 0.15) is 0 Å². The van der Waals surface area contributed by atoms with E-state index in [1.807, 2.05) is 55.4 Å². The van der Waals surface area contributed by atoms with Crippen LogP contribution in [0, 0.1) is 5.92 Å². The highest BCUT2D eigenvalue weighted by molar-refractivity contribution is 5.78. The first-order valence-corrected chi connectivity index (χ1v) is 10.3. The molecule has 8 heteroatoms. The first-order valence-electron chi connectivity index (χ1n) is 10.3. The Balaban J connectivity index is 1.64. The third-order valence-electron chi connectivity index (χ3n) is 5.29. The molecule has 0 bridgehead atoms. The van der Waals surface area contributed by atoms with E-state index in [9.17, 15) is 9.59 Å². The molecule has 1 aromatic carbocycles. The molecule has 0 unspecified atom stereocenters. The lowest BCUT2D eigenvalue weighted by molar-refractivity contribution is -0.134. The first kappa shape index (κ1) is 21.7. The van der Waals surface area contributed by atoms with Crippen molar-refractivity contribution in [1.82, 2.24) is 19.8 Å². The van der Waals surface area contributed by atoms with Gasteiger partial charge in [0.05, 0.1) is 6.54 Å². The van der Waals surface area contributed by atoms with E-state index >= 15 is 0 Å². The molecule has 2 amide bonds. The van der Waals surface area contributed by atoms with Gasteiger partial charge < -0.3 is 20.4 Å². The van der Waals surface area contributed by atoms with Gasteiger partial charge in [0, 0.05) is 63.6 Å². The van der Waals surface area contributed by atoms with Gasteiger partial charge in [-0.1, -0.05) is 32.0 Å². The predicted molar refractivity (Wildman–Crippen MR) is 117 cm³/mol. The standard InChI is InChI=1S/C22H30N6O2/c1-16(2)21(30)27-7-9-28(10-8-27)22-24-13-19(14-25-22)18-6-4-5-17(11-18)15-26(3)20(29)12-23/h4-6,11,13-14,16H,7-10,12,15,23H2,1-3H3. The van der Waals surface area contributed by atoms with Crippen LogP contribution >= 0.6 is 0 Å². The van der Waals surface area contributed by atoms with Gasteiger partial charge in [0.2, 0.25) is 17.8 Å². The van der Waals surface area contributed by atoms with Gasteiger partial charge in [0.15, 0.2) is 0 Å². The van der Waals surface area contributed by atoms with E-state index in [1.54, 1.807) is 11.9 Å². The normalized spacial score (nSPS) is 14.2. The molecule has 3 rings (SSSR count). The number of aromatic nitrogens is 2. The summed E-state index contributed by atoms with van der Waals surface area (Å²) in [5.41, 5.74) is 8.37. The molecule has 1 aliphatic rings. The Hall–Kier alpha value is -3.00. The van der Waals surface area contributed by atoms with Crippen LogP contribution in [-0.4, -0.2) is 71.4 Å². The van der Waals surface area contributed by atoms with Crippen LogP contribution in [0.1, 0.15) is 19.4 Å². The molecule has 1 aliphatic heterocycles. The predicted octanol–water partition coefficient (Wildman–Crippen LogP) is 1.37. The number of rotatable bonds is 6. The number of carbonyl (C=O) groups is 2. The summed E-state index contributed by atoms with van der Waals surface area (Å²) in [6, 6.07) is 7.99. The number of hydrogen-bond donors (Lipinski definition) is 1. The number of nitrogens with two attached hydrogens (primary N) is 1. The molecular formula is C22H30N6O2. The Morgan fingerprint density at radius 2 is 1.77 bits per heavy atom. The quantitative estimate of drug-likeness (QED) is 0.773. The van der Waals surface area contributed by atoms with Crippen molar-refractivity contribution in [1.29, 1.82) is 0 Å².